The molecule has 5 nitrogen and oxygen atoms in total. The van der Waals surface area contributed by atoms with Crippen molar-refractivity contribution in [2.45, 2.75) is 24.8 Å². The number of amides is 1. The van der Waals surface area contributed by atoms with Crippen LogP contribution in [0.5, 0.6) is 0 Å². The Morgan fingerprint density at radius 3 is 2.89 bits per heavy atom. The summed E-state index contributed by atoms with van der Waals surface area (Å²) in [7, 11) is 1.88. The van der Waals surface area contributed by atoms with E-state index in [0.29, 0.717) is 16.8 Å². The van der Waals surface area contributed by atoms with Crippen molar-refractivity contribution >= 4 is 28.8 Å². The minimum Gasteiger partial charge on any atom is -0.347 e. The zero-order valence-corrected chi connectivity index (χ0v) is 16.1. The molecule has 0 saturated carbocycles. The Kier molecular flexibility index (Phi) is 4.88. The molecule has 1 saturated heterocycles. The molecule has 0 radical (unpaired) electrons. The lowest BCUT2D eigenvalue weighted by Crippen LogP contribution is -2.30. The monoisotopic (exact) mass is 384 g/mol. The molecule has 1 fully saturated rings. The van der Waals surface area contributed by atoms with E-state index in [-0.39, 0.29) is 18.3 Å². The Morgan fingerprint density at radius 2 is 2.15 bits per heavy atom. The Labute approximate surface area is 161 Å². The second kappa shape index (κ2) is 7.32. The summed E-state index contributed by atoms with van der Waals surface area (Å²) in [5.41, 5.74) is 2.80. The molecule has 3 aromatic rings. The third-order valence-electron chi connectivity index (χ3n) is 5.03. The number of rotatable bonds is 5. The van der Waals surface area contributed by atoms with Crippen molar-refractivity contribution in [1.29, 1.82) is 0 Å². The molecule has 0 unspecified atom stereocenters. The largest absolute Gasteiger partial charge is 0.347 e. The van der Waals surface area contributed by atoms with Gasteiger partial charge in [0.25, 0.3) is 5.91 Å². The predicted octanol–water partition coefficient (Wildman–Crippen LogP) is 3.66. The number of carbonyl (C=O) groups is 1. The number of pyridine rings is 1. The zero-order chi connectivity index (χ0) is 19.0. The summed E-state index contributed by atoms with van der Waals surface area (Å²) in [6, 6.07) is 8.55. The van der Waals surface area contributed by atoms with E-state index in [1.165, 1.54) is 12.5 Å². The summed E-state index contributed by atoms with van der Waals surface area (Å²) in [4.78, 5) is 18.1. The smallest absolute Gasteiger partial charge is 0.268 e. The minimum atomic E-state index is -0.340. The maximum absolute atomic E-state index is 14.3. The van der Waals surface area contributed by atoms with Gasteiger partial charge in [0.05, 0.1) is 5.52 Å². The quantitative estimate of drug-likeness (QED) is 0.682. The van der Waals surface area contributed by atoms with Gasteiger partial charge in [0, 0.05) is 54.4 Å². The average Bonchev–Trinajstić information content (AvgIpc) is 2.92. The van der Waals surface area contributed by atoms with E-state index in [2.05, 4.69) is 14.6 Å². The van der Waals surface area contributed by atoms with Gasteiger partial charge in [-0.25, -0.2) is 8.70 Å². The molecular formula is C20H21FN4OS. The molecule has 7 heteroatoms. The first-order valence-corrected chi connectivity index (χ1v) is 9.71. The van der Waals surface area contributed by atoms with Crippen LogP contribution in [0.2, 0.25) is 0 Å². The van der Waals surface area contributed by atoms with E-state index >= 15 is 0 Å². The average molecular weight is 384 g/mol. The van der Waals surface area contributed by atoms with Crippen LogP contribution < -0.4 is 5.32 Å². The van der Waals surface area contributed by atoms with Crippen LogP contribution in [0.15, 0.2) is 41.4 Å². The van der Waals surface area contributed by atoms with Crippen LogP contribution in [0.3, 0.4) is 0 Å². The van der Waals surface area contributed by atoms with Crippen molar-refractivity contribution in [3.8, 4) is 0 Å². The highest BCUT2D eigenvalue weighted by Crippen LogP contribution is 2.31. The third-order valence-corrected chi connectivity index (χ3v) is 6.26. The van der Waals surface area contributed by atoms with E-state index in [1.807, 2.05) is 30.7 Å². The van der Waals surface area contributed by atoms with Crippen molar-refractivity contribution in [1.82, 2.24) is 19.2 Å². The molecule has 0 atom stereocenters. The Hall–Kier alpha value is -2.38. The molecule has 3 heterocycles. The fourth-order valence-electron chi connectivity index (χ4n) is 3.13. The van der Waals surface area contributed by atoms with Gasteiger partial charge in [-0.15, -0.1) is 0 Å². The molecule has 140 valence electrons. The molecule has 1 aromatic carbocycles. The minimum absolute atomic E-state index is 0.118. The van der Waals surface area contributed by atoms with Crippen molar-refractivity contribution in [2.24, 2.45) is 7.05 Å². The molecule has 27 heavy (non-hydrogen) atoms. The Balaban J connectivity index is 1.53. The van der Waals surface area contributed by atoms with Crippen LogP contribution in [0, 0.1) is 12.7 Å². The van der Waals surface area contributed by atoms with Gasteiger partial charge in [0.1, 0.15) is 11.5 Å². The van der Waals surface area contributed by atoms with Crippen molar-refractivity contribution in [3.05, 3.63) is 59.3 Å². The number of carbonyl (C=O) groups excluding carboxylic acids is 1. The molecule has 2 aromatic heterocycles. The molecule has 1 amide bonds. The summed E-state index contributed by atoms with van der Waals surface area (Å²) in [6.45, 7) is 4.28. The number of aromatic nitrogens is 2. The molecule has 1 aliphatic heterocycles. The normalized spacial score (nSPS) is 14.3. The number of hydrogen-bond acceptors (Lipinski definition) is 4. The van der Waals surface area contributed by atoms with Crippen molar-refractivity contribution < 1.29 is 9.18 Å². The molecule has 1 N–H and O–H groups in total. The van der Waals surface area contributed by atoms with Crippen LogP contribution in [-0.4, -0.2) is 32.9 Å². The SMILES string of the molecule is Cc1c(SN2CCC2)cc(C(=O)NCc2c(F)ccc3ncccc23)n1C. The van der Waals surface area contributed by atoms with Crippen molar-refractivity contribution in [3.63, 3.8) is 0 Å². The summed E-state index contributed by atoms with van der Waals surface area (Å²) < 4.78 is 18.5. The van der Waals surface area contributed by atoms with Gasteiger partial charge in [-0.2, -0.15) is 0 Å². The molecule has 4 rings (SSSR count). The second-order valence-electron chi connectivity index (χ2n) is 6.69. The van der Waals surface area contributed by atoms with Gasteiger partial charge < -0.3 is 9.88 Å². The maximum atomic E-state index is 14.3. The molecule has 0 bridgehead atoms. The van der Waals surface area contributed by atoms with E-state index in [0.717, 1.165) is 29.1 Å². The first-order chi connectivity index (χ1) is 13.0. The summed E-state index contributed by atoms with van der Waals surface area (Å²) >= 11 is 1.69. The predicted molar refractivity (Wildman–Crippen MR) is 105 cm³/mol. The Bertz CT molecular complexity index is 1010. The second-order valence-corrected chi connectivity index (χ2v) is 7.83. The Morgan fingerprint density at radius 1 is 1.33 bits per heavy atom. The van der Waals surface area contributed by atoms with Crippen LogP contribution in [0.1, 0.15) is 28.2 Å². The van der Waals surface area contributed by atoms with Crippen LogP contribution in [0.25, 0.3) is 10.9 Å². The number of nitrogens with zero attached hydrogens (tertiary/aromatic N) is 3. The van der Waals surface area contributed by atoms with E-state index in [1.54, 1.807) is 30.3 Å². The van der Waals surface area contributed by atoms with Crippen LogP contribution in [0.4, 0.5) is 4.39 Å². The highest BCUT2D eigenvalue weighted by molar-refractivity contribution is 7.97. The number of benzene rings is 1. The lowest BCUT2D eigenvalue weighted by Gasteiger charge is -2.28. The topological polar surface area (TPSA) is 50.2 Å². The molecular weight excluding hydrogens is 363 g/mol. The lowest BCUT2D eigenvalue weighted by molar-refractivity contribution is 0.0942. The fraction of sp³-hybridized carbons (Fsp3) is 0.300. The standard InChI is InChI=1S/C20H21FN4OS/c1-13-19(27-25-9-4-10-25)11-18(24(13)2)20(26)23-12-15-14-5-3-8-22-17(14)7-6-16(15)21/h3,5-8,11H,4,9-10,12H2,1-2H3,(H,23,26). The first-order valence-electron chi connectivity index (χ1n) is 8.94. The van der Waals surface area contributed by atoms with Crippen LogP contribution in [-0.2, 0) is 13.6 Å². The zero-order valence-electron chi connectivity index (χ0n) is 15.3. The van der Waals surface area contributed by atoms with E-state index in [4.69, 9.17) is 0 Å². The third kappa shape index (κ3) is 3.44. The highest BCUT2D eigenvalue weighted by Gasteiger charge is 2.21. The molecule has 0 aliphatic carbocycles. The lowest BCUT2D eigenvalue weighted by atomic mass is 10.1. The van der Waals surface area contributed by atoms with Crippen LogP contribution >= 0.6 is 11.9 Å². The van der Waals surface area contributed by atoms with Gasteiger partial charge in [0.15, 0.2) is 0 Å². The van der Waals surface area contributed by atoms with E-state index < -0.39 is 0 Å². The maximum Gasteiger partial charge on any atom is 0.268 e. The van der Waals surface area contributed by atoms with Crippen molar-refractivity contribution in [2.75, 3.05) is 13.1 Å². The number of nitrogens with one attached hydrogen (secondary N) is 1. The number of halogens is 1. The number of hydrogen-bond donors (Lipinski definition) is 1. The van der Waals surface area contributed by atoms with Gasteiger partial charge in [0.2, 0.25) is 0 Å². The van der Waals surface area contributed by atoms with Gasteiger partial charge in [-0.05, 0) is 49.6 Å². The summed E-state index contributed by atoms with van der Waals surface area (Å²) in [6.07, 6.45) is 2.89. The summed E-state index contributed by atoms with van der Waals surface area (Å²) in [5.74, 6) is -0.552. The van der Waals surface area contributed by atoms with E-state index in [9.17, 15) is 9.18 Å². The fourth-order valence-corrected chi connectivity index (χ4v) is 4.28. The highest BCUT2D eigenvalue weighted by atomic mass is 32.2. The first kappa shape index (κ1) is 18.0. The molecule has 1 aliphatic rings. The van der Waals surface area contributed by atoms with Gasteiger partial charge >= 0.3 is 0 Å². The van der Waals surface area contributed by atoms with Gasteiger partial charge in [-0.1, -0.05) is 6.07 Å². The van der Waals surface area contributed by atoms with Gasteiger partial charge in [-0.3, -0.25) is 9.78 Å². The molecule has 0 spiro atoms. The number of fused-ring (bicyclic) bond motifs is 1. The summed E-state index contributed by atoms with van der Waals surface area (Å²) in [5, 5.41) is 3.58.